The molecule has 2 N–H and O–H groups in total. The van der Waals surface area contributed by atoms with E-state index in [-0.39, 0.29) is 48.2 Å². The molecule has 0 spiro atoms. The van der Waals surface area contributed by atoms with Gasteiger partial charge in [0.15, 0.2) is 0 Å². The van der Waals surface area contributed by atoms with Crippen molar-refractivity contribution in [3.8, 4) is 5.88 Å². The highest BCUT2D eigenvalue weighted by Crippen LogP contribution is 2.46. The fourth-order valence-electron chi connectivity index (χ4n) is 2.84. The second-order valence-corrected chi connectivity index (χ2v) is 7.62. The fourth-order valence-corrected chi connectivity index (χ4v) is 3.55. The van der Waals surface area contributed by atoms with Crippen molar-refractivity contribution in [3.05, 3.63) is 51.4 Å². The van der Waals surface area contributed by atoms with Crippen molar-refractivity contribution in [2.24, 2.45) is 5.92 Å². The molecule has 0 aromatic carbocycles. The smallest absolute Gasteiger partial charge is 0.255 e. The third-order valence-corrected chi connectivity index (χ3v) is 5.12. The van der Waals surface area contributed by atoms with E-state index < -0.39 is 5.82 Å². The van der Waals surface area contributed by atoms with Crippen LogP contribution in [0.3, 0.4) is 0 Å². The second kappa shape index (κ2) is 7.10. The van der Waals surface area contributed by atoms with Gasteiger partial charge in [0.25, 0.3) is 5.88 Å². The van der Waals surface area contributed by atoms with Gasteiger partial charge < -0.3 is 10.5 Å². The summed E-state index contributed by atoms with van der Waals surface area (Å²) in [6.45, 7) is 2.09. The molecule has 1 fully saturated rings. The molecule has 0 bridgehead atoms. The van der Waals surface area contributed by atoms with E-state index in [9.17, 15) is 8.78 Å². The predicted molar refractivity (Wildman–Crippen MR) is 94.4 cm³/mol. The molecule has 7 nitrogen and oxygen atoms in total. The molecule has 0 amide bonds. The predicted octanol–water partition coefficient (Wildman–Crippen LogP) is 2.67. The number of nitrogens with two attached hydrogens (primary N) is 1. The first-order chi connectivity index (χ1) is 13.0. The Balaban J connectivity index is 1.42. The zero-order valence-corrected chi connectivity index (χ0v) is 15.2. The van der Waals surface area contributed by atoms with E-state index in [1.807, 2.05) is 6.92 Å². The normalized spacial score (nSPS) is 18.5. The summed E-state index contributed by atoms with van der Waals surface area (Å²) in [4.78, 5) is 11.9. The summed E-state index contributed by atoms with van der Waals surface area (Å²) in [7, 11) is 0. The molecule has 3 aromatic rings. The first-order valence-corrected chi connectivity index (χ1v) is 9.16. The number of anilines is 1. The summed E-state index contributed by atoms with van der Waals surface area (Å²) in [5.41, 5.74) is 6.63. The Morgan fingerprint density at radius 3 is 2.81 bits per heavy atom. The van der Waals surface area contributed by atoms with Crippen LogP contribution in [0.25, 0.3) is 0 Å². The van der Waals surface area contributed by atoms with Gasteiger partial charge in [0.05, 0.1) is 18.5 Å². The van der Waals surface area contributed by atoms with E-state index >= 15 is 0 Å². The molecule has 0 radical (unpaired) electrons. The average molecular weight is 390 g/mol. The molecule has 3 aromatic heterocycles. The van der Waals surface area contributed by atoms with Crippen molar-refractivity contribution < 1.29 is 13.5 Å². The SMILES string of the molecule is Cc1nnc(Cc2nc(N)nc(OCC3CC3c3ccc(F)cn3)c2F)s1. The molecule has 1 saturated carbocycles. The number of pyridine rings is 1. The van der Waals surface area contributed by atoms with Gasteiger partial charge in [0, 0.05) is 24.0 Å². The Bertz CT molecular complexity index is 965. The highest BCUT2D eigenvalue weighted by molar-refractivity contribution is 7.11. The summed E-state index contributed by atoms with van der Waals surface area (Å²) in [5, 5.41) is 9.31. The minimum Gasteiger partial charge on any atom is -0.475 e. The molecule has 3 heterocycles. The van der Waals surface area contributed by atoms with Gasteiger partial charge in [-0.05, 0) is 25.5 Å². The fraction of sp³-hybridized carbons (Fsp3) is 0.353. The topological polar surface area (TPSA) is 99.7 Å². The number of hydrogen-bond donors (Lipinski definition) is 1. The third kappa shape index (κ3) is 4.00. The van der Waals surface area contributed by atoms with Crippen molar-refractivity contribution >= 4 is 17.3 Å². The lowest BCUT2D eigenvalue weighted by Gasteiger charge is -2.09. The Labute approximate surface area is 157 Å². The molecule has 2 atom stereocenters. The van der Waals surface area contributed by atoms with Gasteiger partial charge in [0.2, 0.25) is 11.8 Å². The van der Waals surface area contributed by atoms with Gasteiger partial charge in [-0.1, -0.05) is 0 Å². The summed E-state index contributed by atoms with van der Waals surface area (Å²) in [5.74, 6) is -0.894. The third-order valence-electron chi connectivity index (χ3n) is 4.28. The first-order valence-electron chi connectivity index (χ1n) is 8.34. The molecule has 0 aliphatic heterocycles. The Kier molecular flexibility index (Phi) is 4.65. The van der Waals surface area contributed by atoms with Crippen molar-refractivity contribution in [1.29, 1.82) is 0 Å². The molecule has 0 saturated heterocycles. The minimum atomic E-state index is -0.644. The molecular formula is C17H16F2N6OS. The van der Waals surface area contributed by atoms with E-state index in [4.69, 9.17) is 10.5 Å². The standard InChI is InChI=1S/C17H16F2N6OS/c1-8-24-25-14(27-8)5-13-15(19)16(23-17(20)22-13)26-7-9-4-11(9)12-3-2-10(18)6-21-12/h2-3,6,9,11H,4-5,7H2,1H3,(H2,20,22,23). The number of hydrogen-bond acceptors (Lipinski definition) is 8. The highest BCUT2D eigenvalue weighted by atomic mass is 32.1. The molecule has 140 valence electrons. The summed E-state index contributed by atoms with van der Waals surface area (Å²) in [6, 6.07) is 3.04. The zero-order valence-electron chi connectivity index (χ0n) is 14.4. The Hall–Kier alpha value is -2.75. The van der Waals surface area contributed by atoms with Gasteiger partial charge >= 0.3 is 0 Å². The molecule has 4 rings (SSSR count). The van der Waals surface area contributed by atoms with Crippen LogP contribution >= 0.6 is 11.3 Å². The van der Waals surface area contributed by atoms with Crippen LogP contribution in [-0.2, 0) is 6.42 Å². The van der Waals surface area contributed by atoms with E-state index in [1.54, 1.807) is 6.07 Å². The maximum atomic E-state index is 14.7. The van der Waals surface area contributed by atoms with Crippen molar-refractivity contribution in [2.75, 3.05) is 12.3 Å². The van der Waals surface area contributed by atoms with E-state index in [1.165, 1.54) is 23.6 Å². The van der Waals surface area contributed by atoms with Crippen LogP contribution in [0.15, 0.2) is 18.3 Å². The van der Waals surface area contributed by atoms with Crippen LogP contribution in [0.2, 0.25) is 0 Å². The first kappa shape index (κ1) is 17.7. The number of ether oxygens (including phenoxy) is 1. The van der Waals surface area contributed by atoms with Gasteiger partial charge in [0.1, 0.15) is 15.8 Å². The lowest BCUT2D eigenvalue weighted by molar-refractivity contribution is 0.269. The van der Waals surface area contributed by atoms with Crippen LogP contribution in [0.4, 0.5) is 14.7 Å². The van der Waals surface area contributed by atoms with Crippen LogP contribution < -0.4 is 10.5 Å². The second-order valence-electron chi connectivity index (χ2n) is 6.35. The molecule has 10 heteroatoms. The van der Waals surface area contributed by atoms with E-state index in [2.05, 4.69) is 25.1 Å². The Morgan fingerprint density at radius 2 is 2.11 bits per heavy atom. The lowest BCUT2D eigenvalue weighted by atomic mass is 10.2. The van der Waals surface area contributed by atoms with Gasteiger partial charge in [-0.2, -0.15) is 9.37 Å². The minimum absolute atomic E-state index is 0.0600. The van der Waals surface area contributed by atoms with Crippen molar-refractivity contribution in [3.63, 3.8) is 0 Å². The van der Waals surface area contributed by atoms with Crippen molar-refractivity contribution in [2.45, 2.75) is 25.7 Å². The molecule has 1 aliphatic rings. The molecular weight excluding hydrogens is 374 g/mol. The summed E-state index contributed by atoms with van der Waals surface area (Å²) in [6.07, 6.45) is 2.21. The maximum Gasteiger partial charge on any atom is 0.255 e. The molecule has 2 unspecified atom stereocenters. The van der Waals surface area contributed by atoms with E-state index in [0.717, 1.165) is 17.1 Å². The number of nitrogen functional groups attached to an aromatic ring is 1. The van der Waals surface area contributed by atoms with Crippen LogP contribution in [0, 0.1) is 24.5 Å². The van der Waals surface area contributed by atoms with E-state index in [0.29, 0.717) is 5.01 Å². The van der Waals surface area contributed by atoms with Crippen LogP contribution in [0.1, 0.15) is 33.7 Å². The maximum absolute atomic E-state index is 14.7. The Morgan fingerprint density at radius 1 is 1.26 bits per heavy atom. The average Bonchev–Trinajstić information content (AvgIpc) is 3.30. The van der Waals surface area contributed by atoms with Gasteiger partial charge in [-0.25, -0.2) is 9.37 Å². The number of nitrogens with zero attached hydrogens (tertiary/aromatic N) is 5. The number of rotatable bonds is 6. The van der Waals surface area contributed by atoms with Crippen LogP contribution in [0.5, 0.6) is 5.88 Å². The number of aromatic nitrogens is 5. The summed E-state index contributed by atoms with van der Waals surface area (Å²) >= 11 is 1.37. The largest absolute Gasteiger partial charge is 0.475 e. The van der Waals surface area contributed by atoms with Gasteiger partial charge in [-0.15, -0.1) is 21.5 Å². The highest BCUT2D eigenvalue weighted by Gasteiger charge is 2.40. The summed E-state index contributed by atoms with van der Waals surface area (Å²) < 4.78 is 33.2. The van der Waals surface area contributed by atoms with Crippen molar-refractivity contribution in [1.82, 2.24) is 25.1 Å². The zero-order chi connectivity index (χ0) is 19.0. The van der Waals surface area contributed by atoms with Crippen LogP contribution in [-0.4, -0.2) is 31.8 Å². The number of halogens is 2. The lowest BCUT2D eigenvalue weighted by Crippen LogP contribution is -2.10. The molecule has 27 heavy (non-hydrogen) atoms. The number of aryl methyl sites for hydroxylation is 1. The van der Waals surface area contributed by atoms with Gasteiger partial charge in [-0.3, -0.25) is 4.98 Å². The quantitative estimate of drug-likeness (QED) is 0.691. The monoisotopic (exact) mass is 390 g/mol. The molecule has 1 aliphatic carbocycles.